The Morgan fingerprint density at radius 1 is 0.933 bits per heavy atom. The molecule has 4 nitrogen and oxygen atoms in total. The summed E-state index contributed by atoms with van der Waals surface area (Å²) in [7, 11) is 0. The van der Waals surface area contributed by atoms with Gasteiger partial charge in [-0.15, -0.1) is 0 Å². The average molecular weight is 405 g/mol. The Labute approximate surface area is 176 Å². The molecule has 1 aliphatic rings. The summed E-state index contributed by atoms with van der Waals surface area (Å²) in [6.07, 6.45) is 1.87. The number of carbonyl (C=O) groups is 1. The van der Waals surface area contributed by atoms with Gasteiger partial charge < -0.3 is 10.2 Å². The summed E-state index contributed by atoms with van der Waals surface area (Å²) in [4.78, 5) is 16.4. The predicted molar refractivity (Wildman–Crippen MR) is 118 cm³/mol. The summed E-state index contributed by atoms with van der Waals surface area (Å²) < 4.78 is 13.1. The first kappa shape index (κ1) is 20.1. The van der Waals surface area contributed by atoms with E-state index in [4.69, 9.17) is 0 Å². The monoisotopic (exact) mass is 404 g/mol. The lowest BCUT2D eigenvalue weighted by Gasteiger charge is -2.25. The minimum atomic E-state index is -0.198. The third kappa shape index (κ3) is 5.05. The Morgan fingerprint density at radius 2 is 1.53 bits per heavy atom. The summed E-state index contributed by atoms with van der Waals surface area (Å²) >= 11 is 0. The highest BCUT2D eigenvalue weighted by Gasteiger charge is 2.29. The van der Waals surface area contributed by atoms with Crippen molar-refractivity contribution >= 4 is 17.4 Å². The number of nitrogens with one attached hydrogen (secondary N) is 2. The second kappa shape index (κ2) is 9.55. The van der Waals surface area contributed by atoms with Crippen molar-refractivity contribution in [2.45, 2.75) is 18.9 Å². The fraction of sp³-hybridized carbons (Fsp3) is 0.240. The molecular weight excluding hydrogens is 377 g/mol. The molecule has 3 aromatic carbocycles. The number of hydrogen-bond acceptors (Lipinski definition) is 1. The maximum Gasteiger partial charge on any atom is 0.326 e. The zero-order chi connectivity index (χ0) is 20.8. The van der Waals surface area contributed by atoms with E-state index in [1.165, 1.54) is 17.0 Å². The van der Waals surface area contributed by atoms with Gasteiger partial charge in [0.2, 0.25) is 0 Å². The normalized spacial score (nSPS) is 18.2. The maximum atomic E-state index is 13.2. The lowest BCUT2D eigenvalue weighted by atomic mass is 10.1. The third-order valence-electron chi connectivity index (χ3n) is 5.62. The zero-order valence-electron chi connectivity index (χ0n) is 16.9. The first-order valence-electron chi connectivity index (χ1n) is 10.5. The van der Waals surface area contributed by atoms with Crippen molar-refractivity contribution < 1.29 is 14.1 Å². The number of nitrogens with zero attached hydrogens (tertiary/aromatic N) is 1. The fourth-order valence-electron chi connectivity index (χ4n) is 4.03. The molecule has 0 aromatic heterocycles. The van der Waals surface area contributed by atoms with Crippen LogP contribution in [0.4, 0.5) is 20.6 Å². The number of benzene rings is 3. The first-order valence-corrected chi connectivity index (χ1v) is 10.5. The van der Waals surface area contributed by atoms with E-state index in [2.05, 4.69) is 5.32 Å². The fourth-order valence-corrected chi connectivity index (χ4v) is 4.03. The smallest absolute Gasteiger partial charge is 0.326 e. The minimum absolute atomic E-state index is 0.0998. The van der Waals surface area contributed by atoms with Crippen LogP contribution in [0, 0.1) is 5.82 Å². The number of para-hydroxylation sites is 2. The van der Waals surface area contributed by atoms with Crippen LogP contribution in [0.2, 0.25) is 0 Å². The van der Waals surface area contributed by atoms with Crippen LogP contribution < -0.4 is 15.1 Å². The molecule has 0 saturated carbocycles. The quantitative estimate of drug-likeness (QED) is 0.648. The highest BCUT2D eigenvalue weighted by molar-refractivity contribution is 5.99. The van der Waals surface area contributed by atoms with Crippen molar-refractivity contribution in [2.24, 2.45) is 0 Å². The molecule has 0 bridgehead atoms. The van der Waals surface area contributed by atoms with E-state index in [1.54, 1.807) is 4.90 Å². The van der Waals surface area contributed by atoms with E-state index in [-0.39, 0.29) is 17.9 Å². The number of carbonyl (C=O) groups excluding carboxylic acids is 1. The van der Waals surface area contributed by atoms with Crippen LogP contribution in [-0.4, -0.2) is 31.7 Å². The predicted octanol–water partition coefficient (Wildman–Crippen LogP) is 3.57. The Hall–Kier alpha value is -3.18. The van der Waals surface area contributed by atoms with Crippen LogP contribution in [-0.2, 0) is 6.42 Å². The topological polar surface area (TPSA) is 36.8 Å². The molecule has 2 atom stereocenters. The van der Waals surface area contributed by atoms with E-state index in [1.807, 2.05) is 72.8 Å². The van der Waals surface area contributed by atoms with Crippen molar-refractivity contribution in [3.63, 3.8) is 0 Å². The Morgan fingerprint density at radius 3 is 2.13 bits per heavy atom. The van der Waals surface area contributed by atoms with Gasteiger partial charge in [0.25, 0.3) is 0 Å². The Bertz CT molecular complexity index is 908. The zero-order valence-corrected chi connectivity index (χ0v) is 16.9. The number of quaternary nitrogens is 1. The maximum absolute atomic E-state index is 13.2. The SMILES string of the molecule is O=C(N[C@H]1CC[NH+](CCc2ccc(F)cc2)C1)N(c1ccccc1)c1ccccc1. The summed E-state index contributed by atoms with van der Waals surface area (Å²) in [5.41, 5.74) is 2.84. The van der Waals surface area contributed by atoms with Gasteiger partial charge >= 0.3 is 6.03 Å². The number of rotatable bonds is 6. The summed E-state index contributed by atoms with van der Waals surface area (Å²) in [5.74, 6) is -0.198. The molecule has 30 heavy (non-hydrogen) atoms. The number of amides is 2. The highest BCUT2D eigenvalue weighted by atomic mass is 19.1. The molecule has 1 saturated heterocycles. The highest BCUT2D eigenvalue weighted by Crippen LogP contribution is 2.25. The molecule has 1 fully saturated rings. The minimum Gasteiger partial charge on any atom is -0.333 e. The summed E-state index contributed by atoms with van der Waals surface area (Å²) in [5, 5.41) is 3.23. The van der Waals surface area contributed by atoms with Crippen molar-refractivity contribution in [1.82, 2.24) is 5.32 Å². The lowest BCUT2D eigenvalue weighted by Crippen LogP contribution is -3.10. The molecule has 4 rings (SSSR count). The second-order valence-electron chi connectivity index (χ2n) is 7.77. The molecule has 1 heterocycles. The summed E-state index contributed by atoms with van der Waals surface area (Å²) in [6, 6.07) is 26.2. The molecular formula is C25H27FN3O+. The molecule has 154 valence electrons. The Balaban J connectivity index is 1.37. The van der Waals surface area contributed by atoms with Crippen LogP contribution in [0.5, 0.6) is 0 Å². The van der Waals surface area contributed by atoms with Crippen LogP contribution >= 0.6 is 0 Å². The molecule has 2 amide bonds. The number of anilines is 2. The second-order valence-corrected chi connectivity index (χ2v) is 7.77. The van der Waals surface area contributed by atoms with E-state index in [0.29, 0.717) is 0 Å². The molecule has 1 unspecified atom stereocenters. The number of urea groups is 1. The van der Waals surface area contributed by atoms with Gasteiger partial charge in [-0.3, -0.25) is 4.90 Å². The standard InChI is InChI=1S/C25H26FN3O/c26-21-13-11-20(12-14-21)15-17-28-18-16-22(19-28)27-25(30)29(23-7-3-1-4-8-23)24-9-5-2-6-10-24/h1-14,22H,15-19H2,(H,27,30)/p+1/t22-/m0/s1. The van der Waals surface area contributed by atoms with Crippen molar-refractivity contribution in [3.8, 4) is 0 Å². The molecule has 0 spiro atoms. The van der Waals surface area contributed by atoms with Crippen molar-refractivity contribution in [1.29, 1.82) is 0 Å². The molecule has 0 radical (unpaired) electrons. The largest absolute Gasteiger partial charge is 0.333 e. The number of halogens is 1. The van der Waals surface area contributed by atoms with Gasteiger partial charge in [0.1, 0.15) is 5.82 Å². The average Bonchev–Trinajstić information content (AvgIpc) is 3.22. The Kier molecular flexibility index (Phi) is 6.40. The van der Waals surface area contributed by atoms with Gasteiger partial charge in [-0.05, 0) is 42.0 Å². The van der Waals surface area contributed by atoms with Crippen molar-refractivity contribution in [3.05, 3.63) is 96.3 Å². The third-order valence-corrected chi connectivity index (χ3v) is 5.62. The first-order chi connectivity index (χ1) is 14.7. The van der Waals surface area contributed by atoms with E-state index < -0.39 is 0 Å². The van der Waals surface area contributed by atoms with Gasteiger partial charge in [0, 0.05) is 12.8 Å². The van der Waals surface area contributed by atoms with E-state index in [9.17, 15) is 9.18 Å². The number of hydrogen-bond donors (Lipinski definition) is 2. The van der Waals surface area contributed by atoms with Crippen LogP contribution in [0.15, 0.2) is 84.9 Å². The molecule has 5 heteroatoms. The van der Waals surface area contributed by atoms with E-state index >= 15 is 0 Å². The lowest BCUT2D eigenvalue weighted by molar-refractivity contribution is -0.887. The van der Waals surface area contributed by atoms with Crippen LogP contribution in [0.3, 0.4) is 0 Å². The van der Waals surface area contributed by atoms with Crippen LogP contribution in [0.1, 0.15) is 12.0 Å². The van der Waals surface area contributed by atoms with Gasteiger partial charge in [-0.1, -0.05) is 48.5 Å². The van der Waals surface area contributed by atoms with Gasteiger partial charge in [-0.25, -0.2) is 9.18 Å². The van der Waals surface area contributed by atoms with E-state index in [0.717, 1.165) is 49.4 Å². The molecule has 2 N–H and O–H groups in total. The van der Waals surface area contributed by atoms with Crippen molar-refractivity contribution in [2.75, 3.05) is 24.5 Å². The van der Waals surface area contributed by atoms with Gasteiger partial charge in [0.05, 0.1) is 37.1 Å². The summed E-state index contributed by atoms with van der Waals surface area (Å²) in [6.45, 7) is 2.92. The number of likely N-dealkylation sites (tertiary alicyclic amines) is 1. The molecule has 0 aliphatic carbocycles. The van der Waals surface area contributed by atoms with Gasteiger partial charge in [-0.2, -0.15) is 0 Å². The molecule has 1 aliphatic heterocycles. The van der Waals surface area contributed by atoms with Gasteiger partial charge in [0.15, 0.2) is 0 Å². The van der Waals surface area contributed by atoms with Crippen LogP contribution in [0.25, 0.3) is 0 Å². The molecule has 3 aromatic rings.